The van der Waals surface area contributed by atoms with Gasteiger partial charge in [-0.3, -0.25) is 9.48 Å². The maximum Gasteiger partial charge on any atom is 0.249 e. The highest BCUT2D eigenvalue weighted by molar-refractivity contribution is 6.00. The molecule has 0 aliphatic carbocycles. The Labute approximate surface area is 133 Å². The molecule has 3 heterocycles. The van der Waals surface area contributed by atoms with Gasteiger partial charge in [0.25, 0.3) is 0 Å². The third-order valence-corrected chi connectivity index (χ3v) is 4.30. The largest absolute Gasteiger partial charge is 0.344 e. The Morgan fingerprint density at radius 1 is 1.26 bits per heavy atom. The van der Waals surface area contributed by atoms with Crippen LogP contribution in [0.25, 0.3) is 11.0 Å². The Bertz CT molecular complexity index is 880. The number of amides is 1. The van der Waals surface area contributed by atoms with E-state index < -0.39 is 0 Å². The molecule has 1 atom stereocenters. The van der Waals surface area contributed by atoms with Crippen LogP contribution in [0.4, 0.5) is 11.6 Å². The lowest BCUT2D eigenvalue weighted by Crippen LogP contribution is -2.33. The van der Waals surface area contributed by atoms with Gasteiger partial charge in [0.2, 0.25) is 11.9 Å². The summed E-state index contributed by atoms with van der Waals surface area (Å²) >= 11 is 0. The number of anilines is 2. The average Bonchev–Trinajstić information content (AvgIpc) is 3.21. The van der Waals surface area contributed by atoms with Crippen LogP contribution in [0.2, 0.25) is 0 Å². The monoisotopic (exact) mass is 310 g/mol. The number of carbonyl (C=O) groups excluding carboxylic acids is 1. The van der Waals surface area contributed by atoms with Crippen LogP contribution >= 0.6 is 0 Å². The number of rotatable bonds is 3. The predicted octanol–water partition coefficient (Wildman–Crippen LogP) is 1.52. The molecule has 1 aliphatic heterocycles. The van der Waals surface area contributed by atoms with E-state index in [0.717, 1.165) is 29.1 Å². The summed E-state index contributed by atoms with van der Waals surface area (Å²) in [7, 11) is 3.80. The molecule has 1 fully saturated rings. The smallest absolute Gasteiger partial charge is 0.249 e. The first kappa shape index (κ1) is 13.8. The van der Waals surface area contributed by atoms with Gasteiger partial charge in [-0.2, -0.15) is 5.10 Å². The maximum absolute atomic E-state index is 12.6. The average molecular weight is 310 g/mol. The molecule has 1 saturated heterocycles. The normalized spacial score (nSPS) is 18.1. The summed E-state index contributed by atoms with van der Waals surface area (Å²) < 4.78 is 3.68. The fourth-order valence-corrected chi connectivity index (χ4v) is 3.05. The van der Waals surface area contributed by atoms with Crippen LogP contribution in [-0.4, -0.2) is 37.8 Å². The van der Waals surface area contributed by atoms with E-state index >= 15 is 0 Å². The zero-order valence-electron chi connectivity index (χ0n) is 13.1. The van der Waals surface area contributed by atoms with Crippen molar-refractivity contribution in [2.24, 2.45) is 14.1 Å². The number of nitrogens with one attached hydrogen (secondary N) is 1. The zero-order valence-corrected chi connectivity index (χ0v) is 13.1. The van der Waals surface area contributed by atoms with Crippen molar-refractivity contribution in [1.82, 2.24) is 19.3 Å². The van der Waals surface area contributed by atoms with Crippen molar-refractivity contribution in [2.75, 3.05) is 16.8 Å². The Morgan fingerprint density at radius 3 is 2.83 bits per heavy atom. The van der Waals surface area contributed by atoms with Gasteiger partial charge >= 0.3 is 0 Å². The van der Waals surface area contributed by atoms with Crippen LogP contribution in [0.15, 0.2) is 36.7 Å². The van der Waals surface area contributed by atoms with Crippen molar-refractivity contribution >= 4 is 28.6 Å². The fourth-order valence-electron chi connectivity index (χ4n) is 3.05. The molecule has 1 aliphatic rings. The summed E-state index contributed by atoms with van der Waals surface area (Å²) in [4.78, 5) is 19.0. The molecule has 0 saturated carbocycles. The van der Waals surface area contributed by atoms with Crippen molar-refractivity contribution in [2.45, 2.75) is 12.5 Å². The number of hydrogen-bond acceptors (Lipinski definition) is 4. The maximum atomic E-state index is 12.6. The van der Waals surface area contributed by atoms with E-state index in [1.807, 2.05) is 49.1 Å². The number of benzene rings is 1. The fraction of sp³-hybridized carbons (Fsp3) is 0.312. The number of imidazole rings is 1. The Kier molecular flexibility index (Phi) is 3.07. The highest BCUT2D eigenvalue weighted by Crippen LogP contribution is 2.24. The lowest BCUT2D eigenvalue weighted by molar-refractivity contribution is -0.117. The van der Waals surface area contributed by atoms with Gasteiger partial charge < -0.3 is 14.8 Å². The molecule has 118 valence electrons. The summed E-state index contributed by atoms with van der Waals surface area (Å²) in [6.45, 7) is 0.687. The SMILES string of the molecule is Cn1cc(N2CC[C@@H](Nc3nc4ccccc4n3C)C2=O)cn1. The predicted molar refractivity (Wildman–Crippen MR) is 88.3 cm³/mol. The van der Waals surface area contributed by atoms with Gasteiger partial charge in [0.15, 0.2) is 0 Å². The summed E-state index contributed by atoms with van der Waals surface area (Å²) in [5.74, 6) is 0.780. The molecule has 2 aromatic heterocycles. The van der Waals surface area contributed by atoms with Crippen LogP contribution in [0.1, 0.15) is 6.42 Å². The third-order valence-electron chi connectivity index (χ3n) is 4.30. The molecule has 0 bridgehead atoms. The minimum absolute atomic E-state index is 0.0602. The molecule has 1 N–H and O–H groups in total. The van der Waals surface area contributed by atoms with Gasteiger partial charge in [-0.05, 0) is 18.6 Å². The van der Waals surface area contributed by atoms with E-state index in [1.54, 1.807) is 15.8 Å². The zero-order chi connectivity index (χ0) is 16.0. The molecule has 0 radical (unpaired) electrons. The number of carbonyl (C=O) groups is 1. The summed E-state index contributed by atoms with van der Waals surface area (Å²) in [6, 6.07) is 7.68. The van der Waals surface area contributed by atoms with Crippen molar-refractivity contribution in [1.29, 1.82) is 0 Å². The number of nitrogens with zero attached hydrogens (tertiary/aromatic N) is 5. The topological polar surface area (TPSA) is 68.0 Å². The Morgan fingerprint density at radius 2 is 2.09 bits per heavy atom. The van der Waals surface area contributed by atoms with Crippen molar-refractivity contribution < 1.29 is 4.79 Å². The lowest BCUT2D eigenvalue weighted by Gasteiger charge is -2.15. The summed E-state index contributed by atoms with van der Waals surface area (Å²) in [6.07, 6.45) is 4.32. The van der Waals surface area contributed by atoms with Gasteiger partial charge in [0, 0.05) is 26.8 Å². The van der Waals surface area contributed by atoms with Crippen molar-refractivity contribution in [3.63, 3.8) is 0 Å². The first-order valence-electron chi connectivity index (χ1n) is 7.61. The summed E-state index contributed by atoms with van der Waals surface area (Å²) in [5, 5.41) is 7.42. The number of hydrogen-bond donors (Lipinski definition) is 1. The minimum Gasteiger partial charge on any atom is -0.344 e. The highest BCUT2D eigenvalue weighted by Gasteiger charge is 2.33. The van der Waals surface area contributed by atoms with E-state index in [9.17, 15) is 4.79 Å². The second kappa shape index (κ2) is 5.12. The molecule has 4 rings (SSSR count). The Hall–Kier alpha value is -2.83. The standard InChI is InChI=1S/C16H18N6O/c1-20-10-11(9-17-20)22-8-7-13(15(22)23)19-16-18-12-5-3-4-6-14(12)21(16)2/h3-6,9-10,13H,7-8H2,1-2H3,(H,18,19)/t13-/m1/s1. The van der Waals surface area contributed by atoms with Crippen LogP contribution in [0, 0.1) is 0 Å². The first-order chi connectivity index (χ1) is 11.1. The minimum atomic E-state index is -0.259. The Balaban J connectivity index is 1.57. The quantitative estimate of drug-likeness (QED) is 0.796. The molecule has 0 spiro atoms. The van der Waals surface area contributed by atoms with E-state index in [2.05, 4.69) is 15.4 Å². The van der Waals surface area contributed by atoms with Crippen LogP contribution < -0.4 is 10.2 Å². The number of fused-ring (bicyclic) bond motifs is 1. The van der Waals surface area contributed by atoms with Crippen molar-refractivity contribution in [3.8, 4) is 0 Å². The molecule has 1 amide bonds. The van der Waals surface area contributed by atoms with Gasteiger partial charge in [-0.15, -0.1) is 0 Å². The molecule has 0 unspecified atom stereocenters. The van der Waals surface area contributed by atoms with Gasteiger partial charge in [-0.25, -0.2) is 4.98 Å². The van der Waals surface area contributed by atoms with E-state index in [1.165, 1.54) is 0 Å². The molecule has 7 heteroatoms. The van der Waals surface area contributed by atoms with Gasteiger partial charge in [0.1, 0.15) is 6.04 Å². The lowest BCUT2D eigenvalue weighted by atomic mass is 10.2. The molecule has 23 heavy (non-hydrogen) atoms. The van der Waals surface area contributed by atoms with Gasteiger partial charge in [-0.1, -0.05) is 12.1 Å². The third kappa shape index (κ3) is 2.25. The number of para-hydroxylation sites is 2. The van der Waals surface area contributed by atoms with E-state index in [-0.39, 0.29) is 11.9 Å². The molecule has 3 aromatic rings. The van der Waals surface area contributed by atoms with Crippen LogP contribution in [-0.2, 0) is 18.9 Å². The van der Waals surface area contributed by atoms with Gasteiger partial charge in [0.05, 0.1) is 22.9 Å². The number of aryl methyl sites for hydroxylation is 2. The molecule has 7 nitrogen and oxygen atoms in total. The van der Waals surface area contributed by atoms with Crippen molar-refractivity contribution in [3.05, 3.63) is 36.7 Å². The van der Waals surface area contributed by atoms with E-state index in [4.69, 9.17) is 0 Å². The highest BCUT2D eigenvalue weighted by atomic mass is 16.2. The molecular weight excluding hydrogens is 292 g/mol. The molecular formula is C16H18N6O. The molecule has 1 aromatic carbocycles. The summed E-state index contributed by atoms with van der Waals surface area (Å²) in [5.41, 5.74) is 2.81. The first-order valence-corrected chi connectivity index (χ1v) is 7.61. The van der Waals surface area contributed by atoms with E-state index in [0.29, 0.717) is 6.54 Å². The van der Waals surface area contributed by atoms with Crippen LogP contribution in [0.5, 0.6) is 0 Å². The second-order valence-corrected chi connectivity index (χ2v) is 5.83. The number of aromatic nitrogens is 4. The second-order valence-electron chi connectivity index (χ2n) is 5.83. The van der Waals surface area contributed by atoms with Crippen LogP contribution in [0.3, 0.4) is 0 Å².